The van der Waals surface area contributed by atoms with Crippen molar-refractivity contribution in [3.05, 3.63) is 77.1 Å². The number of rotatable bonds is 9. The van der Waals surface area contributed by atoms with E-state index >= 15 is 0 Å². The largest absolute Gasteiger partial charge is 0.416 e. The fraction of sp³-hybridized carbons (Fsp3) is 0.452. The van der Waals surface area contributed by atoms with Crippen molar-refractivity contribution in [2.45, 2.75) is 90.8 Å². The molecule has 0 aromatic heterocycles. The Morgan fingerprint density at radius 1 is 0.833 bits per heavy atom. The van der Waals surface area contributed by atoms with E-state index in [1.54, 1.807) is 24.3 Å². The third kappa shape index (κ3) is 6.73. The molecular formula is C31H40F2O2Si. The zero-order valence-corrected chi connectivity index (χ0v) is 23.9. The molecule has 0 bridgehead atoms. The molecule has 194 valence electrons. The second-order valence-corrected chi connectivity index (χ2v) is 15.8. The van der Waals surface area contributed by atoms with Crippen LogP contribution in [0.25, 0.3) is 5.57 Å². The van der Waals surface area contributed by atoms with Crippen LogP contribution in [-0.4, -0.2) is 14.0 Å². The lowest BCUT2D eigenvalue weighted by atomic mass is 9.96. The van der Waals surface area contributed by atoms with Gasteiger partial charge in [0.1, 0.15) is 19.7 Å². The van der Waals surface area contributed by atoms with E-state index in [4.69, 9.17) is 4.74 Å². The van der Waals surface area contributed by atoms with Gasteiger partial charge < -0.3 is 4.74 Å². The van der Waals surface area contributed by atoms with Gasteiger partial charge in [0.2, 0.25) is 0 Å². The van der Waals surface area contributed by atoms with Crippen molar-refractivity contribution in [1.29, 1.82) is 0 Å². The maximum absolute atomic E-state index is 13.7. The van der Waals surface area contributed by atoms with Gasteiger partial charge in [0.25, 0.3) is 0 Å². The molecule has 36 heavy (non-hydrogen) atoms. The molecule has 0 fully saturated rings. The van der Waals surface area contributed by atoms with E-state index in [2.05, 4.69) is 53.0 Å². The maximum atomic E-state index is 13.7. The highest BCUT2D eigenvalue weighted by atomic mass is 28.3. The Kier molecular flexibility index (Phi) is 10.7. The lowest BCUT2D eigenvalue weighted by Gasteiger charge is -2.38. The number of halogens is 2. The number of carbonyl (C=O) groups excluding carboxylic acids is 1. The SMILES string of the molecule is CC/C(=C(\C#C[Si](C(C)C)(C(C)C)C(C)C)OC(=O)C(CC)c1ccc(F)cc1)c1ccc(F)cc1. The highest BCUT2D eigenvalue weighted by Crippen LogP contribution is 2.41. The summed E-state index contributed by atoms with van der Waals surface area (Å²) in [4.78, 5) is 13.4. The van der Waals surface area contributed by atoms with Gasteiger partial charge >= 0.3 is 5.97 Å². The van der Waals surface area contributed by atoms with Crippen molar-refractivity contribution in [2.75, 3.05) is 0 Å². The average Bonchev–Trinajstić information content (AvgIpc) is 2.82. The molecule has 0 spiro atoms. The Bertz CT molecular complexity index is 1080. The first-order valence-corrected chi connectivity index (χ1v) is 15.2. The van der Waals surface area contributed by atoms with Gasteiger partial charge in [-0.15, -0.1) is 5.54 Å². The zero-order chi connectivity index (χ0) is 27.0. The van der Waals surface area contributed by atoms with Gasteiger partial charge in [0, 0.05) is 5.57 Å². The summed E-state index contributed by atoms with van der Waals surface area (Å²) in [6.07, 6.45) is 1.07. The van der Waals surface area contributed by atoms with Crippen molar-refractivity contribution in [3.8, 4) is 11.5 Å². The van der Waals surface area contributed by atoms with Gasteiger partial charge in [-0.2, -0.15) is 0 Å². The summed E-state index contributed by atoms with van der Waals surface area (Å²) < 4.78 is 33.2. The van der Waals surface area contributed by atoms with Crippen LogP contribution in [0.1, 0.15) is 85.3 Å². The summed E-state index contributed by atoms with van der Waals surface area (Å²) in [7, 11) is -2.10. The van der Waals surface area contributed by atoms with Crippen LogP contribution in [0.2, 0.25) is 16.6 Å². The molecule has 0 aliphatic heterocycles. The minimum Gasteiger partial charge on any atom is -0.416 e. The maximum Gasteiger partial charge on any atom is 0.319 e. The number of ether oxygens (including phenoxy) is 1. The van der Waals surface area contributed by atoms with Crippen molar-refractivity contribution >= 4 is 19.6 Å². The molecule has 0 amide bonds. The Morgan fingerprint density at radius 2 is 1.31 bits per heavy atom. The van der Waals surface area contributed by atoms with Gasteiger partial charge in [-0.05, 0) is 70.8 Å². The fourth-order valence-electron chi connectivity index (χ4n) is 5.31. The Morgan fingerprint density at radius 3 is 1.72 bits per heavy atom. The van der Waals surface area contributed by atoms with Crippen LogP contribution >= 0.6 is 0 Å². The van der Waals surface area contributed by atoms with Crippen LogP contribution in [0.5, 0.6) is 0 Å². The van der Waals surface area contributed by atoms with E-state index in [0.29, 0.717) is 40.8 Å². The molecule has 0 aliphatic rings. The predicted molar refractivity (Wildman–Crippen MR) is 148 cm³/mol. The van der Waals surface area contributed by atoms with E-state index in [0.717, 1.165) is 11.1 Å². The molecular weight excluding hydrogens is 470 g/mol. The minimum absolute atomic E-state index is 0.327. The fourth-order valence-corrected chi connectivity index (χ4v) is 10.5. The van der Waals surface area contributed by atoms with E-state index < -0.39 is 20.0 Å². The molecule has 2 aromatic carbocycles. The molecule has 0 saturated carbocycles. The van der Waals surface area contributed by atoms with Gasteiger partial charge in [-0.1, -0.05) is 79.7 Å². The summed E-state index contributed by atoms with van der Waals surface area (Å²) in [6.45, 7) is 17.3. The quantitative estimate of drug-likeness (QED) is 0.146. The first-order chi connectivity index (χ1) is 17.0. The third-order valence-corrected chi connectivity index (χ3v) is 13.5. The van der Waals surface area contributed by atoms with Crippen LogP contribution in [0.15, 0.2) is 54.3 Å². The van der Waals surface area contributed by atoms with Crippen molar-refractivity contribution in [2.24, 2.45) is 0 Å². The van der Waals surface area contributed by atoms with E-state index in [9.17, 15) is 13.6 Å². The van der Waals surface area contributed by atoms with Crippen molar-refractivity contribution < 1.29 is 18.3 Å². The molecule has 1 unspecified atom stereocenters. The van der Waals surface area contributed by atoms with E-state index in [1.807, 2.05) is 13.8 Å². The third-order valence-electron chi connectivity index (χ3n) is 7.25. The lowest BCUT2D eigenvalue weighted by molar-refractivity contribution is -0.140. The summed E-state index contributed by atoms with van der Waals surface area (Å²) in [5.74, 6) is 2.01. The number of allylic oxidation sites excluding steroid dienone is 2. The van der Waals surface area contributed by atoms with Gasteiger partial charge in [-0.3, -0.25) is 4.79 Å². The predicted octanol–water partition coefficient (Wildman–Crippen LogP) is 9.04. The molecule has 1 atom stereocenters. The smallest absolute Gasteiger partial charge is 0.319 e. The second kappa shape index (κ2) is 13.0. The summed E-state index contributed by atoms with van der Waals surface area (Å²) >= 11 is 0. The first-order valence-electron chi connectivity index (χ1n) is 13.0. The second-order valence-electron chi connectivity index (χ2n) is 10.2. The molecule has 0 radical (unpaired) electrons. The van der Waals surface area contributed by atoms with Crippen LogP contribution in [0, 0.1) is 23.1 Å². The van der Waals surface area contributed by atoms with Crippen LogP contribution in [-0.2, 0) is 9.53 Å². The Balaban J connectivity index is 2.67. The van der Waals surface area contributed by atoms with Crippen LogP contribution in [0.4, 0.5) is 8.78 Å². The number of hydrogen-bond donors (Lipinski definition) is 0. The molecule has 2 rings (SSSR count). The molecule has 0 saturated heterocycles. The van der Waals surface area contributed by atoms with E-state index in [1.165, 1.54) is 24.3 Å². The summed E-state index contributed by atoms with van der Waals surface area (Å²) in [6, 6.07) is 12.1. The molecule has 2 nitrogen and oxygen atoms in total. The summed E-state index contributed by atoms with van der Waals surface area (Å²) in [5.41, 5.74) is 7.16. The number of hydrogen-bond acceptors (Lipinski definition) is 2. The zero-order valence-electron chi connectivity index (χ0n) is 22.9. The van der Waals surface area contributed by atoms with Gasteiger partial charge in [0.05, 0.1) is 5.92 Å². The average molecular weight is 511 g/mol. The molecule has 0 aliphatic carbocycles. The molecule has 0 heterocycles. The number of esters is 1. The van der Waals surface area contributed by atoms with E-state index in [-0.39, 0.29) is 11.6 Å². The number of carbonyl (C=O) groups is 1. The normalized spacial score (nSPS) is 13.4. The standard InChI is InChI=1S/C31H40F2O2Si/c1-9-28(24-11-15-26(32)16-12-24)30(19-20-36(21(3)4,22(5)6)23(7)8)35-31(34)29(10-2)25-13-17-27(33)18-14-25/h11-18,21-23,29H,9-10H2,1-8H3/b30-28-. The first kappa shape index (κ1) is 29.5. The molecule has 2 aromatic rings. The summed E-state index contributed by atoms with van der Waals surface area (Å²) in [5, 5.41) is 0. The highest BCUT2D eigenvalue weighted by molar-refractivity contribution is 6.90. The van der Waals surface area contributed by atoms with Crippen LogP contribution in [0.3, 0.4) is 0 Å². The highest BCUT2D eigenvalue weighted by Gasteiger charge is 2.42. The molecule has 5 heteroatoms. The van der Waals surface area contributed by atoms with Crippen molar-refractivity contribution in [3.63, 3.8) is 0 Å². The lowest BCUT2D eigenvalue weighted by Crippen LogP contribution is -2.43. The Hall–Kier alpha value is -2.71. The minimum atomic E-state index is -2.10. The van der Waals surface area contributed by atoms with Gasteiger partial charge in [0.15, 0.2) is 5.76 Å². The Labute approximate surface area is 217 Å². The van der Waals surface area contributed by atoms with Crippen molar-refractivity contribution in [1.82, 2.24) is 0 Å². The topological polar surface area (TPSA) is 26.3 Å². The monoisotopic (exact) mass is 510 g/mol. The molecule has 0 N–H and O–H groups in total. The van der Waals surface area contributed by atoms with Gasteiger partial charge in [-0.25, -0.2) is 8.78 Å². The van der Waals surface area contributed by atoms with Crippen LogP contribution < -0.4 is 0 Å². The number of benzene rings is 2.